The first-order valence-electron chi connectivity index (χ1n) is 7.68. The fourth-order valence-corrected chi connectivity index (χ4v) is 4.38. The topological polar surface area (TPSA) is 123 Å². The second-order valence-electron chi connectivity index (χ2n) is 5.81. The number of rotatable bonds is 5. The fraction of sp³-hybridized carbons (Fsp3) is 0.125. The van der Waals surface area contributed by atoms with Gasteiger partial charge in [-0.3, -0.25) is 20.2 Å². The van der Waals surface area contributed by atoms with Crippen molar-refractivity contribution >= 4 is 59.9 Å². The number of nitro groups is 1. The number of nitrogens with one attached hydrogen (secondary N) is 1. The molecular formula is C16H13ClN4O5S2. The summed E-state index contributed by atoms with van der Waals surface area (Å²) in [6, 6.07) is 8.17. The molecule has 0 saturated carbocycles. The number of aromatic nitrogens is 1. The van der Waals surface area contributed by atoms with E-state index < -0.39 is 20.9 Å². The van der Waals surface area contributed by atoms with E-state index >= 15 is 0 Å². The summed E-state index contributed by atoms with van der Waals surface area (Å²) >= 11 is 6.84. The standard InChI is InChI=1S/C16H13ClN4O5S2/c1-20(2)28(25,26)10-4-6-12-14(8-10)27-16(18-12)19-15(22)9-3-5-11(17)13(7-9)21(23)24/h3-8H,1-2H3,(H,18,19,22). The van der Waals surface area contributed by atoms with Gasteiger partial charge in [-0.05, 0) is 30.3 Å². The molecule has 28 heavy (non-hydrogen) atoms. The lowest BCUT2D eigenvalue weighted by atomic mass is 10.2. The van der Waals surface area contributed by atoms with Crippen molar-refractivity contribution < 1.29 is 18.1 Å². The molecule has 3 aromatic rings. The largest absolute Gasteiger partial charge is 0.298 e. The Hall–Kier alpha value is -2.60. The van der Waals surface area contributed by atoms with Crippen molar-refractivity contribution in [3.05, 3.63) is 57.1 Å². The van der Waals surface area contributed by atoms with Crippen molar-refractivity contribution in [2.45, 2.75) is 4.90 Å². The Bertz CT molecular complexity index is 1210. The van der Waals surface area contributed by atoms with E-state index in [-0.39, 0.29) is 26.3 Å². The molecule has 146 valence electrons. The first-order valence-corrected chi connectivity index (χ1v) is 10.3. The average molecular weight is 441 g/mol. The number of fused-ring (bicyclic) bond motifs is 1. The number of carbonyl (C=O) groups excluding carboxylic acids is 1. The van der Waals surface area contributed by atoms with Gasteiger partial charge in [-0.25, -0.2) is 17.7 Å². The molecule has 0 bridgehead atoms. The van der Waals surface area contributed by atoms with Crippen LogP contribution in [0.3, 0.4) is 0 Å². The van der Waals surface area contributed by atoms with Crippen molar-refractivity contribution in [3.63, 3.8) is 0 Å². The van der Waals surface area contributed by atoms with Gasteiger partial charge < -0.3 is 0 Å². The number of anilines is 1. The van der Waals surface area contributed by atoms with E-state index in [1.165, 1.54) is 38.4 Å². The number of nitro benzene ring substituents is 1. The zero-order valence-electron chi connectivity index (χ0n) is 14.5. The van der Waals surface area contributed by atoms with Gasteiger partial charge in [0.1, 0.15) is 5.02 Å². The second kappa shape index (κ2) is 7.43. The van der Waals surface area contributed by atoms with Crippen molar-refractivity contribution in [1.29, 1.82) is 0 Å². The molecule has 0 spiro atoms. The van der Waals surface area contributed by atoms with E-state index in [0.717, 1.165) is 21.7 Å². The molecule has 0 saturated heterocycles. The normalized spacial score (nSPS) is 11.7. The zero-order valence-corrected chi connectivity index (χ0v) is 16.9. The van der Waals surface area contributed by atoms with Crippen LogP contribution in [0.5, 0.6) is 0 Å². The molecule has 2 aromatic carbocycles. The molecule has 0 aliphatic carbocycles. The Morgan fingerprint density at radius 2 is 1.96 bits per heavy atom. The summed E-state index contributed by atoms with van der Waals surface area (Å²) in [4.78, 5) is 27.0. The summed E-state index contributed by atoms with van der Waals surface area (Å²) in [5, 5.41) is 13.7. The third-order valence-electron chi connectivity index (χ3n) is 3.76. The maximum Gasteiger partial charge on any atom is 0.288 e. The van der Waals surface area contributed by atoms with Gasteiger partial charge in [-0.2, -0.15) is 0 Å². The lowest BCUT2D eigenvalue weighted by Gasteiger charge is -2.10. The highest BCUT2D eigenvalue weighted by atomic mass is 35.5. The highest BCUT2D eigenvalue weighted by Gasteiger charge is 2.20. The van der Waals surface area contributed by atoms with Crippen LogP contribution >= 0.6 is 22.9 Å². The molecule has 1 amide bonds. The molecule has 3 rings (SSSR count). The second-order valence-corrected chi connectivity index (χ2v) is 9.40. The van der Waals surface area contributed by atoms with Crippen LogP contribution in [0.15, 0.2) is 41.3 Å². The minimum absolute atomic E-state index is 0.0474. The fourth-order valence-electron chi connectivity index (χ4n) is 2.29. The van der Waals surface area contributed by atoms with E-state index in [1.807, 2.05) is 0 Å². The molecule has 0 atom stereocenters. The highest BCUT2D eigenvalue weighted by Crippen LogP contribution is 2.30. The van der Waals surface area contributed by atoms with Gasteiger partial charge >= 0.3 is 0 Å². The summed E-state index contributed by atoms with van der Waals surface area (Å²) in [5.74, 6) is -0.597. The predicted octanol–water partition coefficient (Wildman–Crippen LogP) is 3.36. The SMILES string of the molecule is CN(C)S(=O)(=O)c1ccc2nc(NC(=O)c3ccc(Cl)c([N+](=O)[O-])c3)sc2c1. The lowest BCUT2D eigenvalue weighted by molar-refractivity contribution is -0.384. The molecule has 0 radical (unpaired) electrons. The Morgan fingerprint density at radius 3 is 2.61 bits per heavy atom. The third kappa shape index (κ3) is 3.83. The Labute approximate surface area is 168 Å². The molecule has 0 fully saturated rings. The molecule has 1 N–H and O–H groups in total. The van der Waals surface area contributed by atoms with Crippen molar-refractivity contribution in [2.75, 3.05) is 19.4 Å². The maximum absolute atomic E-state index is 12.4. The number of nitrogens with zero attached hydrogens (tertiary/aromatic N) is 3. The number of hydrogen-bond donors (Lipinski definition) is 1. The van der Waals surface area contributed by atoms with Crippen LogP contribution in [-0.2, 0) is 10.0 Å². The molecule has 1 heterocycles. The van der Waals surface area contributed by atoms with E-state index in [2.05, 4.69) is 10.3 Å². The Balaban J connectivity index is 1.90. The molecule has 0 aliphatic rings. The van der Waals surface area contributed by atoms with Crippen LogP contribution in [0.25, 0.3) is 10.2 Å². The molecule has 1 aromatic heterocycles. The summed E-state index contributed by atoms with van der Waals surface area (Å²) in [6.45, 7) is 0. The van der Waals surface area contributed by atoms with Crippen LogP contribution in [0.1, 0.15) is 10.4 Å². The minimum Gasteiger partial charge on any atom is -0.298 e. The van der Waals surface area contributed by atoms with E-state index in [4.69, 9.17) is 11.6 Å². The van der Waals surface area contributed by atoms with E-state index in [0.29, 0.717) is 10.2 Å². The van der Waals surface area contributed by atoms with Crippen molar-refractivity contribution in [2.24, 2.45) is 0 Å². The predicted molar refractivity (Wildman–Crippen MR) is 107 cm³/mol. The number of sulfonamides is 1. The number of benzene rings is 2. The summed E-state index contributed by atoms with van der Waals surface area (Å²) in [6.07, 6.45) is 0. The van der Waals surface area contributed by atoms with Crippen LogP contribution in [-0.4, -0.2) is 42.6 Å². The van der Waals surface area contributed by atoms with Gasteiger partial charge in [0.2, 0.25) is 10.0 Å². The third-order valence-corrected chi connectivity index (χ3v) is 6.83. The molecule has 0 unspecified atom stereocenters. The Kier molecular flexibility index (Phi) is 5.35. The quantitative estimate of drug-likeness (QED) is 0.479. The van der Waals surface area contributed by atoms with Crippen molar-refractivity contribution in [1.82, 2.24) is 9.29 Å². The van der Waals surface area contributed by atoms with Crippen LogP contribution in [0.4, 0.5) is 10.8 Å². The number of carbonyl (C=O) groups is 1. The first-order chi connectivity index (χ1) is 13.1. The summed E-state index contributed by atoms with van der Waals surface area (Å²) < 4.78 is 26.1. The molecule has 9 nitrogen and oxygen atoms in total. The Morgan fingerprint density at radius 1 is 1.25 bits per heavy atom. The smallest absolute Gasteiger partial charge is 0.288 e. The monoisotopic (exact) mass is 440 g/mol. The van der Waals surface area contributed by atoms with Gasteiger partial charge in [-0.1, -0.05) is 22.9 Å². The summed E-state index contributed by atoms with van der Waals surface area (Å²) in [5.41, 5.74) is 0.184. The zero-order chi connectivity index (χ0) is 20.6. The average Bonchev–Trinajstić information content (AvgIpc) is 3.02. The minimum atomic E-state index is -3.59. The highest BCUT2D eigenvalue weighted by molar-refractivity contribution is 7.89. The molecule has 0 aliphatic heterocycles. The van der Waals surface area contributed by atoms with Gasteiger partial charge in [0.15, 0.2) is 5.13 Å². The van der Waals surface area contributed by atoms with Gasteiger partial charge in [-0.15, -0.1) is 0 Å². The maximum atomic E-state index is 12.4. The molecular weight excluding hydrogens is 428 g/mol. The van der Waals surface area contributed by atoms with Crippen LogP contribution in [0.2, 0.25) is 5.02 Å². The first kappa shape index (κ1) is 20.1. The number of halogens is 1. The van der Waals surface area contributed by atoms with E-state index in [1.54, 1.807) is 6.07 Å². The molecule has 12 heteroatoms. The summed E-state index contributed by atoms with van der Waals surface area (Å²) in [7, 11) is -0.726. The number of hydrogen-bond acceptors (Lipinski definition) is 7. The number of thiazole rings is 1. The van der Waals surface area contributed by atoms with Gasteiger partial charge in [0, 0.05) is 25.7 Å². The number of amides is 1. The van der Waals surface area contributed by atoms with E-state index in [9.17, 15) is 23.3 Å². The van der Waals surface area contributed by atoms with Gasteiger partial charge in [0.25, 0.3) is 11.6 Å². The van der Waals surface area contributed by atoms with Crippen LogP contribution < -0.4 is 5.32 Å². The lowest BCUT2D eigenvalue weighted by Crippen LogP contribution is -2.22. The van der Waals surface area contributed by atoms with Gasteiger partial charge in [0.05, 0.1) is 20.0 Å². The van der Waals surface area contributed by atoms with Crippen LogP contribution in [0, 0.1) is 10.1 Å². The van der Waals surface area contributed by atoms with Crippen molar-refractivity contribution in [3.8, 4) is 0 Å².